The molecule has 124 valence electrons. The maximum atomic E-state index is 12.1. The van der Waals surface area contributed by atoms with Crippen molar-refractivity contribution >= 4 is 11.8 Å². The zero-order chi connectivity index (χ0) is 16.2. The van der Waals surface area contributed by atoms with Crippen LogP contribution < -0.4 is 14.8 Å². The summed E-state index contributed by atoms with van der Waals surface area (Å²) in [5, 5.41) is 2.66. The molecule has 1 unspecified atom stereocenters. The zero-order valence-electron chi connectivity index (χ0n) is 13.3. The van der Waals surface area contributed by atoms with E-state index in [0.717, 1.165) is 12.8 Å². The SMILES string of the molecule is CC1CCN(C(=O)C(=O)NCC2COc3ccccc3O2)CC1. The molecule has 6 heteroatoms. The van der Waals surface area contributed by atoms with Gasteiger partial charge in [0.2, 0.25) is 0 Å². The highest BCUT2D eigenvalue weighted by Gasteiger charge is 2.27. The molecule has 0 radical (unpaired) electrons. The second-order valence-electron chi connectivity index (χ2n) is 6.18. The summed E-state index contributed by atoms with van der Waals surface area (Å²) in [7, 11) is 0. The summed E-state index contributed by atoms with van der Waals surface area (Å²) in [6, 6.07) is 7.40. The molecule has 2 amide bonds. The lowest BCUT2D eigenvalue weighted by atomic mass is 9.99. The van der Waals surface area contributed by atoms with Crippen molar-refractivity contribution in [3.05, 3.63) is 24.3 Å². The minimum absolute atomic E-state index is 0.253. The molecule has 1 N–H and O–H groups in total. The summed E-state index contributed by atoms with van der Waals surface area (Å²) in [6.45, 7) is 4.09. The Kier molecular flexibility index (Phi) is 4.69. The molecule has 23 heavy (non-hydrogen) atoms. The van der Waals surface area contributed by atoms with E-state index in [1.165, 1.54) is 0 Å². The zero-order valence-corrected chi connectivity index (χ0v) is 13.3. The van der Waals surface area contributed by atoms with Gasteiger partial charge in [-0.15, -0.1) is 0 Å². The number of carbonyl (C=O) groups excluding carboxylic acids is 2. The smallest absolute Gasteiger partial charge is 0.311 e. The summed E-state index contributed by atoms with van der Waals surface area (Å²) in [5.74, 6) is 0.967. The number of nitrogens with one attached hydrogen (secondary N) is 1. The Hall–Kier alpha value is -2.24. The molecule has 0 bridgehead atoms. The number of nitrogens with zero attached hydrogens (tertiary/aromatic N) is 1. The van der Waals surface area contributed by atoms with Crippen molar-refractivity contribution in [1.29, 1.82) is 0 Å². The van der Waals surface area contributed by atoms with Gasteiger partial charge in [-0.1, -0.05) is 19.1 Å². The third-order valence-electron chi connectivity index (χ3n) is 4.32. The number of likely N-dealkylation sites (tertiary alicyclic amines) is 1. The van der Waals surface area contributed by atoms with Crippen molar-refractivity contribution in [2.24, 2.45) is 5.92 Å². The number of rotatable bonds is 2. The highest BCUT2D eigenvalue weighted by molar-refractivity contribution is 6.35. The Morgan fingerprint density at radius 3 is 2.65 bits per heavy atom. The molecule has 0 spiro atoms. The summed E-state index contributed by atoms with van der Waals surface area (Å²) in [4.78, 5) is 25.8. The van der Waals surface area contributed by atoms with Gasteiger partial charge in [-0.25, -0.2) is 0 Å². The summed E-state index contributed by atoms with van der Waals surface area (Å²) < 4.78 is 11.3. The van der Waals surface area contributed by atoms with E-state index in [9.17, 15) is 9.59 Å². The fourth-order valence-corrected chi connectivity index (χ4v) is 2.80. The van der Waals surface area contributed by atoms with E-state index in [4.69, 9.17) is 9.47 Å². The van der Waals surface area contributed by atoms with Crippen molar-refractivity contribution in [3.63, 3.8) is 0 Å². The van der Waals surface area contributed by atoms with Crippen LogP contribution in [-0.2, 0) is 9.59 Å². The van der Waals surface area contributed by atoms with Gasteiger partial charge in [-0.3, -0.25) is 9.59 Å². The van der Waals surface area contributed by atoms with E-state index >= 15 is 0 Å². The minimum Gasteiger partial charge on any atom is -0.486 e. The standard InChI is InChI=1S/C17H22N2O4/c1-12-6-8-19(9-7-12)17(21)16(20)18-10-13-11-22-14-4-2-3-5-15(14)23-13/h2-5,12-13H,6-11H2,1H3,(H,18,20). The Bertz CT molecular complexity index is 582. The number of benzene rings is 1. The average molecular weight is 318 g/mol. The lowest BCUT2D eigenvalue weighted by Crippen LogP contribution is -2.49. The van der Waals surface area contributed by atoms with Crippen LogP contribution in [0.2, 0.25) is 0 Å². The first-order chi connectivity index (χ1) is 11.1. The molecule has 6 nitrogen and oxygen atoms in total. The molecule has 1 fully saturated rings. The predicted molar refractivity (Wildman–Crippen MR) is 84.3 cm³/mol. The molecule has 1 aromatic carbocycles. The lowest BCUT2D eigenvalue weighted by molar-refractivity contribution is -0.146. The van der Waals surface area contributed by atoms with Crippen molar-refractivity contribution in [3.8, 4) is 11.5 Å². The van der Waals surface area contributed by atoms with Crippen LogP contribution in [-0.4, -0.2) is 49.1 Å². The maximum Gasteiger partial charge on any atom is 0.311 e. The topological polar surface area (TPSA) is 67.9 Å². The number of hydrogen-bond acceptors (Lipinski definition) is 4. The van der Waals surface area contributed by atoms with Gasteiger partial charge in [0.05, 0.1) is 6.54 Å². The number of fused-ring (bicyclic) bond motifs is 1. The quantitative estimate of drug-likeness (QED) is 0.832. The molecule has 0 saturated carbocycles. The first kappa shape index (κ1) is 15.6. The molecule has 2 heterocycles. The van der Waals surface area contributed by atoms with Crippen LogP contribution in [0.5, 0.6) is 11.5 Å². The predicted octanol–water partition coefficient (Wildman–Crippen LogP) is 1.20. The van der Waals surface area contributed by atoms with Crippen molar-refractivity contribution in [2.75, 3.05) is 26.2 Å². The van der Waals surface area contributed by atoms with Crippen LogP contribution in [0.1, 0.15) is 19.8 Å². The highest BCUT2D eigenvalue weighted by Crippen LogP contribution is 2.30. The van der Waals surface area contributed by atoms with E-state index in [0.29, 0.717) is 37.1 Å². The molecule has 3 rings (SSSR count). The molecule has 0 aromatic heterocycles. The Morgan fingerprint density at radius 1 is 1.22 bits per heavy atom. The number of hydrogen-bond donors (Lipinski definition) is 1. The van der Waals surface area contributed by atoms with Gasteiger partial charge >= 0.3 is 11.8 Å². The highest BCUT2D eigenvalue weighted by atomic mass is 16.6. The number of amides is 2. The third-order valence-corrected chi connectivity index (χ3v) is 4.32. The van der Waals surface area contributed by atoms with E-state index in [2.05, 4.69) is 12.2 Å². The maximum absolute atomic E-state index is 12.1. The lowest BCUT2D eigenvalue weighted by Gasteiger charge is -2.30. The molecular weight excluding hydrogens is 296 g/mol. The second kappa shape index (κ2) is 6.89. The van der Waals surface area contributed by atoms with Gasteiger partial charge in [0.1, 0.15) is 12.7 Å². The van der Waals surface area contributed by atoms with Crippen LogP contribution >= 0.6 is 0 Å². The van der Waals surface area contributed by atoms with Crippen molar-refractivity contribution in [2.45, 2.75) is 25.9 Å². The van der Waals surface area contributed by atoms with Crippen LogP contribution in [0, 0.1) is 5.92 Å². The Morgan fingerprint density at radius 2 is 1.91 bits per heavy atom. The molecule has 1 atom stereocenters. The Balaban J connectivity index is 1.47. The molecule has 2 aliphatic heterocycles. The molecule has 1 saturated heterocycles. The first-order valence-corrected chi connectivity index (χ1v) is 8.09. The van der Waals surface area contributed by atoms with E-state index in [-0.39, 0.29) is 12.6 Å². The van der Waals surface area contributed by atoms with E-state index < -0.39 is 11.8 Å². The van der Waals surface area contributed by atoms with E-state index in [1.807, 2.05) is 24.3 Å². The molecule has 0 aliphatic carbocycles. The summed E-state index contributed by atoms with van der Waals surface area (Å²) in [5.41, 5.74) is 0. The van der Waals surface area contributed by atoms with Gasteiger partial charge in [0.25, 0.3) is 0 Å². The van der Waals surface area contributed by atoms with Gasteiger partial charge in [0, 0.05) is 13.1 Å². The molecule has 1 aromatic rings. The number of carbonyl (C=O) groups is 2. The largest absolute Gasteiger partial charge is 0.486 e. The fraction of sp³-hybridized carbons (Fsp3) is 0.529. The van der Waals surface area contributed by atoms with Crippen LogP contribution in [0.25, 0.3) is 0 Å². The average Bonchev–Trinajstić information content (AvgIpc) is 2.59. The molecular formula is C17H22N2O4. The number of para-hydroxylation sites is 2. The fourth-order valence-electron chi connectivity index (χ4n) is 2.80. The first-order valence-electron chi connectivity index (χ1n) is 8.09. The van der Waals surface area contributed by atoms with Crippen LogP contribution in [0.15, 0.2) is 24.3 Å². The summed E-state index contributed by atoms with van der Waals surface area (Å²) >= 11 is 0. The van der Waals surface area contributed by atoms with E-state index in [1.54, 1.807) is 4.90 Å². The second-order valence-corrected chi connectivity index (χ2v) is 6.18. The van der Waals surface area contributed by atoms with Gasteiger partial charge < -0.3 is 19.7 Å². The third kappa shape index (κ3) is 3.75. The summed E-state index contributed by atoms with van der Waals surface area (Å²) in [6.07, 6.45) is 1.62. The van der Waals surface area contributed by atoms with Gasteiger partial charge in [-0.05, 0) is 30.9 Å². The number of piperidine rings is 1. The monoisotopic (exact) mass is 318 g/mol. The van der Waals surface area contributed by atoms with Crippen molar-refractivity contribution in [1.82, 2.24) is 10.2 Å². The molecule has 2 aliphatic rings. The van der Waals surface area contributed by atoms with Crippen molar-refractivity contribution < 1.29 is 19.1 Å². The minimum atomic E-state index is -0.568. The van der Waals surface area contributed by atoms with Crippen LogP contribution in [0.4, 0.5) is 0 Å². The van der Waals surface area contributed by atoms with Gasteiger partial charge in [0.15, 0.2) is 11.5 Å². The Labute approximate surface area is 135 Å². The normalized spacial score (nSPS) is 20.9. The van der Waals surface area contributed by atoms with Crippen LogP contribution in [0.3, 0.4) is 0 Å². The van der Waals surface area contributed by atoms with Gasteiger partial charge in [-0.2, -0.15) is 0 Å². The number of ether oxygens (including phenoxy) is 2.